The average molecular weight is 204 g/mol. The minimum Gasteiger partial charge on any atom is -0.462 e. The van der Waals surface area contributed by atoms with Crippen molar-refractivity contribution < 1.29 is 9.53 Å². The fourth-order valence-electron chi connectivity index (χ4n) is 1.48. The van der Waals surface area contributed by atoms with E-state index >= 15 is 0 Å². The van der Waals surface area contributed by atoms with Gasteiger partial charge in [0.15, 0.2) is 0 Å². The summed E-state index contributed by atoms with van der Waals surface area (Å²) in [4.78, 5) is 18.7. The van der Waals surface area contributed by atoms with Crippen molar-refractivity contribution in [3.8, 4) is 0 Å². The van der Waals surface area contributed by atoms with E-state index in [0.717, 1.165) is 11.1 Å². The van der Waals surface area contributed by atoms with Crippen molar-refractivity contribution in [1.29, 1.82) is 0 Å². The second-order valence-electron chi connectivity index (χ2n) is 3.33. The van der Waals surface area contributed by atoms with Crippen LogP contribution in [0.5, 0.6) is 0 Å². The van der Waals surface area contributed by atoms with Crippen molar-refractivity contribution >= 4 is 17.0 Å². The van der Waals surface area contributed by atoms with Gasteiger partial charge in [-0.25, -0.2) is 4.79 Å². The van der Waals surface area contributed by atoms with Crippen LogP contribution in [0.25, 0.3) is 11.0 Å². The molecule has 2 rings (SSSR count). The summed E-state index contributed by atoms with van der Waals surface area (Å²) in [5.41, 5.74) is 3.07. The van der Waals surface area contributed by atoms with Crippen molar-refractivity contribution in [2.45, 2.75) is 13.8 Å². The van der Waals surface area contributed by atoms with Crippen LogP contribution in [0, 0.1) is 6.92 Å². The van der Waals surface area contributed by atoms with Gasteiger partial charge in [0.05, 0.1) is 12.1 Å². The Kier molecular flexibility index (Phi) is 2.41. The average Bonchev–Trinajstić information content (AvgIpc) is 2.60. The van der Waals surface area contributed by atoms with Gasteiger partial charge in [-0.05, 0) is 25.5 Å². The van der Waals surface area contributed by atoms with E-state index in [1.807, 2.05) is 13.0 Å². The van der Waals surface area contributed by atoms with Gasteiger partial charge in [0.1, 0.15) is 11.1 Å². The Hall–Kier alpha value is -1.84. The van der Waals surface area contributed by atoms with E-state index in [-0.39, 0.29) is 5.97 Å². The van der Waals surface area contributed by atoms with Gasteiger partial charge in [-0.1, -0.05) is 0 Å². The van der Waals surface area contributed by atoms with Crippen LogP contribution in [0.4, 0.5) is 0 Å². The number of nitrogens with one attached hydrogen (secondary N) is 1. The standard InChI is InChI=1S/C11H12N2O2/c1-3-15-11(14)8-6-12-9-4-7(2)5-13-10(8)9/h4-6,12H,3H2,1-2H3. The molecule has 2 heterocycles. The molecule has 4 heteroatoms. The van der Waals surface area contributed by atoms with Crippen molar-refractivity contribution in [3.63, 3.8) is 0 Å². The molecular weight excluding hydrogens is 192 g/mol. The summed E-state index contributed by atoms with van der Waals surface area (Å²) in [5, 5.41) is 0. The third-order valence-corrected chi connectivity index (χ3v) is 2.15. The molecule has 0 atom stereocenters. The monoisotopic (exact) mass is 204 g/mol. The number of esters is 1. The number of nitrogens with zero attached hydrogens (tertiary/aromatic N) is 1. The highest BCUT2D eigenvalue weighted by atomic mass is 16.5. The minimum atomic E-state index is -0.333. The van der Waals surface area contributed by atoms with Crippen LogP contribution in [-0.2, 0) is 4.74 Å². The first-order valence-corrected chi connectivity index (χ1v) is 4.83. The Labute approximate surface area is 87.3 Å². The molecule has 0 aliphatic heterocycles. The third-order valence-electron chi connectivity index (χ3n) is 2.15. The summed E-state index contributed by atoms with van der Waals surface area (Å²) in [5.74, 6) is -0.333. The zero-order valence-electron chi connectivity index (χ0n) is 8.70. The molecule has 4 nitrogen and oxygen atoms in total. The van der Waals surface area contributed by atoms with Gasteiger partial charge in [0.25, 0.3) is 0 Å². The number of ether oxygens (including phenoxy) is 1. The molecule has 0 fully saturated rings. The van der Waals surface area contributed by atoms with Gasteiger partial charge in [0, 0.05) is 12.4 Å². The Morgan fingerprint density at radius 2 is 2.40 bits per heavy atom. The molecule has 15 heavy (non-hydrogen) atoms. The molecule has 0 radical (unpaired) electrons. The summed E-state index contributed by atoms with van der Waals surface area (Å²) in [6, 6.07) is 1.95. The fraction of sp³-hybridized carbons (Fsp3) is 0.273. The molecule has 0 amide bonds. The van der Waals surface area contributed by atoms with Gasteiger partial charge in [-0.15, -0.1) is 0 Å². The number of pyridine rings is 1. The molecule has 2 aromatic rings. The largest absolute Gasteiger partial charge is 0.462 e. The Morgan fingerprint density at radius 1 is 1.60 bits per heavy atom. The number of carbonyl (C=O) groups is 1. The molecule has 0 aliphatic carbocycles. The molecule has 0 aromatic carbocycles. The topological polar surface area (TPSA) is 55.0 Å². The Bertz CT molecular complexity index is 502. The maximum atomic E-state index is 11.5. The van der Waals surface area contributed by atoms with Crippen LogP contribution < -0.4 is 0 Å². The highest BCUT2D eigenvalue weighted by Crippen LogP contribution is 2.17. The van der Waals surface area contributed by atoms with E-state index in [1.165, 1.54) is 0 Å². The maximum Gasteiger partial charge on any atom is 0.341 e. The van der Waals surface area contributed by atoms with E-state index in [0.29, 0.717) is 17.7 Å². The number of hydrogen-bond acceptors (Lipinski definition) is 3. The molecule has 0 saturated heterocycles. The van der Waals surface area contributed by atoms with E-state index in [1.54, 1.807) is 19.3 Å². The molecule has 0 unspecified atom stereocenters. The lowest BCUT2D eigenvalue weighted by atomic mass is 10.2. The molecule has 0 aliphatic rings. The van der Waals surface area contributed by atoms with Crippen molar-refractivity contribution in [3.05, 3.63) is 29.6 Å². The summed E-state index contributed by atoms with van der Waals surface area (Å²) in [6.07, 6.45) is 3.37. The molecule has 1 N–H and O–H groups in total. The maximum absolute atomic E-state index is 11.5. The lowest BCUT2D eigenvalue weighted by molar-refractivity contribution is 0.0528. The Balaban J connectivity index is 2.49. The molecule has 78 valence electrons. The molecule has 0 bridgehead atoms. The first-order chi connectivity index (χ1) is 7.22. The fourth-order valence-corrected chi connectivity index (χ4v) is 1.48. The predicted octanol–water partition coefficient (Wildman–Crippen LogP) is 2.05. The number of hydrogen-bond donors (Lipinski definition) is 1. The predicted molar refractivity (Wildman–Crippen MR) is 56.8 cm³/mol. The smallest absolute Gasteiger partial charge is 0.341 e. The second-order valence-corrected chi connectivity index (χ2v) is 3.33. The number of aromatic amines is 1. The number of H-pyrrole nitrogens is 1. The summed E-state index contributed by atoms with van der Waals surface area (Å²) >= 11 is 0. The van der Waals surface area contributed by atoms with Crippen LogP contribution in [-0.4, -0.2) is 22.5 Å². The SMILES string of the molecule is CCOC(=O)c1c[nH]c2cc(C)cnc12. The molecular formula is C11H12N2O2. The van der Waals surface area contributed by atoms with Gasteiger partial charge in [-0.2, -0.15) is 0 Å². The highest BCUT2D eigenvalue weighted by molar-refractivity contribution is 6.02. The normalized spacial score (nSPS) is 10.5. The van der Waals surface area contributed by atoms with E-state index < -0.39 is 0 Å². The van der Waals surface area contributed by atoms with Gasteiger partial charge >= 0.3 is 5.97 Å². The summed E-state index contributed by atoms with van der Waals surface area (Å²) in [7, 11) is 0. The minimum absolute atomic E-state index is 0.333. The lowest BCUT2D eigenvalue weighted by Crippen LogP contribution is -2.03. The Morgan fingerprint density at radius 3 is 3.13 bits per heavy atom. The van der Waals surface area contributed by atoms with E-state index in [4.69, 9.17) is 4.74 Å². The highest BCUT2D eigenvalue weighted by Gasteiger charge is 2.13. The van der Waals surface area contributed by atoms with Crippen molar-refractivity contribution in [2.24, 2.45) is 0 Å². The lowest BCUT2D eigenvalue weighted by Gasteiger charge is -1.98. The number of aromatic nitrogens is 2. The van der Waals surface area contributed by atoms with Gasteiger partial charge < -0.3 is 9.72 Å². The third kappa shape index (κ3) is 1.70. The number of carbonyl (C=O) groups excluding carboxylic acids is 1. The van der Waals surface area contributed by atoms with Crippen LogP contribution in [0.2, 0.25) is 0 Å². The van der Waals surface area contributed by atoms with Crippen molar-refractivity contribution in [2.75, 3.05) is 6.61 Å². The molecule has 2 aromatic heterocycles. The zero-order chi connectivity index (χ0) is 10.8. The zero-order valence-corrected chi connectivity index (χ0v) is 8.70. The van der Waals surface area contributed by atoms with E-state index in [2.05, 4.69) is 9.97 Å². The quantitative estimate of drug-likeness (QED) is 0.761. The van der Waals surface area contributed by atoms with Crippen LogP contribution in [0.15, 0.2) is 18.5 Å². The summed E-state index contributed by atoms with van der Waals surface area (Å²) in [6.45, 7) is 4.11. The first-order valence-electron chi connectivity index (χ1n) is 4.83. The first kappa shape index (κ1) is 9.71. The van der Waals surface area contributed by atoms with Crippen molar-refractivity contribution in [1.82, 2.24) is 9.97 Å². The number of aryl methyl sites for hydroxylation is 1. The van der Waals surface area contributed by atoms with Gasteiger partial charge in [-0.3, -0.25) is 4.98 Å². The summed E-state index contributed by atoms with van der Waals surface area (Å²) < 4.78 is 4.93. The molecule has 0 saturated carbocycles. The molecule has 0 spiro atoms. The second kappa shape index (κ2) is 3.73. The van der Waals surface area contributed by atoms with Crippen LogP contribution in [0.3, 0.4) is 0 Å². The van der Waals surface area contributed by atoms with Crippen LogP contribution >= 0.6 is 0 Å². The number of fused-ring (bicyclic) bond motifs is 1. The van der Waals surface area contributed by atoms with Gasteiger partial charge in [0.2, 0.25) is 0 Å². The number of rotatable bonds is 2. The van der Waals surface area contributed by atoms with Crippen LogP contribution in [0.1, 0.15) is 22.8 Å². The van der Waals surface area contributed by atoms with E-state index in [9.17, 15) is 4.79 Å².